The molecule has 1 N–H and O–H groups in total. The van der Waals surface area contributed by atoms with Crippen LogP contribution in [0.5, 0.6) is 0 Å². The van der Waals surface area contributed by atoms with Crippen LogP contribution >= 0.6 is 0 Å². The third-order valence-corrected chi connectivity index (χ3v) is 5.88. The molecule has 0 aromatic rings. The van der Waals surface area contributed by atoms with Crippen LogP contribution in [0.3, 0.4) is 0 Å². The van der Waals surface area contributed by atoms with Crippen LogP contribution in [0.25, 0.3) is 0 Å². The molecule has 1 spiro atoms. The monoisotopic (exact) mass is 429 g/mol. The van der Waals surface area contributed by atoms with E-state index in [9.17, 15) is 22.8 Å². The van der Waals surface area contributed by atoms with E-state index in [0.717, 1.165) is 5.57 Å². The minimum absolute atomic E-state index is 0.0558. The third kappa shape index (κ3) is 5.55. The number of allylic oxidation sites excluding steroid dienone is 2. The molecule has 2 heterocycles. The molecule has 0 aromatic carbocycles. The fourth-order valence-electron chi connectivity index (χ4n) is 4.19. The number of alkyl halides is 3. The number of nitrogens with one attached hydrogen (secondary N) is 1. The molecule has 2 amide bonds. The molecule has 2 fully saturated rings. The maximum absolute atomic E-state index is 12.7. The summed E-state index contributed by atoms with van der Waals surface area (Å²) in [5.74, 6) is 0.570. The van der Waals surface area contributed by atoms with Crippen LogP contribution < -0.4 is 5.32 Å². The smallest absolute Gasteiger partial charge is 0.410 e. The zero-order chi connectivity index (χ0) is 22.2. The van der Waals surface area contributed by atoms with Gasteiger partial charge in [-0.3, -0.25) is 9.79 Å². The van der Waals surface area contributed by atoms with Crippen molar-refractivity contribution in [1.82, 2.24) is 10.2 Å². The number of amidine groups is 1. The second kappa shape index (κ2) is 8.23. The number of nitrogens with zero attached hydrogens (tertiary/aromatic N) is 2. The van der Waals surface area contributed by atoms with Gasteiger partial charge in [-0.2, -0.15) is 13.2 Å². The minimum atomic E-state index is -4.17. The molecule has 0 radical (unpaired) electrons. The van der Waals surface area contributed by atoms with E-state index >= 15 is 0 Å². The highest BCUT2D eigenvalue weighted by atomic mass is 19.4. The molecule has 0 bridgehead atoms. The van der Waals surface area contributed by atoms with Crippen LogP contribution in [0, 0.1) is 5.92 Å². The first kappa shape index (κ1) is 22.6. The summed E-state index contributed by atoms with van der Waals surface area (Å²) in [6.07, 6.45) is -0.730. The molecular weight excluding hydrogens is 399 g/mol. The predicted octanol–water partition coefficient (Wildman–Crippen LogP) is 4.35. The maximum Gasteiger partial charge on any atom is 0.410 e. The average Bonchev–Trinajstić information content (AvgIpc) is 2.95. The van der Waals surface area contributed by atoms with Crippen LogP contribution in [0.15, 0.2) is 16.6 Å². The molecule has 1 saturated carbocycles. The van der Waals surface area contributed by atoms with Gasteiger partial charge in [0.25, 0.3) is 5.91 Å². The van der Waals surface area contributed by atoms with E-state index in [0.29, 0.717) is 57.5 Å². The van der Waals surface area contributed by atoms with Crippen molar-refractivity contribution in [1.29, 1.82) is 0 Å². The van der Waals surface area contributed by atoms with Gasteiger partial charge in [0, 0.05) is 19.0 Å². The summed E-state index contributed by atoms with van der Waals surface area (Å²) in [6, 6.07) is 0. The number of ether oxygens (including phenoxy) is 1. The first-order valence-corrected chi connectivity index (χ1v) is 10.5. The predicted molar refractivity (Wildman–Crippen MR) is 106 cm³/mol. The Hall–Kier alpha value is -2.06. The molecule has 168 valence electrons. The second-order valence-corrected chi connectivity index (χ2v) is 9.41. The van der Waals surface area contributed by atoms with Crippen LogP contribution in [-0.4, -0.2) is 53.1 Å². The number of carbonyl (C=O) groups excluding carboxylic acids is 2. The Balaban J connectivity index is 1.57. The van der Waals surface area contributed by atoms with Crippen molar-refractivity contribution in [3.05, 3.63) is 11.6 Å². The van der Waals surface area contributed by atoms with Gasteiger partial charge in [0.05, 0.1) is 6.42 Å². The van der Waals surface area contributed by atoms with E-state index in [1.165, 1.54) is 6.08 Å². The Morgan fingerprint density at radius 2 is 1.83 bits per heavy atom. The lowest BCUT2D eigenvalue weighted by Gasteiger charge is -2.36. The Bertz CT molecular complexity index is 735. The molecule has 0 unspecified atom stereocenters. The van der Waals surface area contributed by atoms with Crippen LogP contribution in [0.1, 0.15) is 65.7 Å². The number of halogens is 3. The molecule has 0 atom stereocenters. The zero-order valence-electron chi connectivity index (χ0n) is 17.8. The highest BCUT2D eigenvalue weighted by molar-refractivity contribution is 6.09. The van der Waals surface area contributed by atoms with Gasteiger partial charge in [0.15, 0.2) is 0 Å². The molecule has 3 rings (SSSR count). The summed E-state index contributed by atoms with van der Waals surface area (Å²) in [7, 11) is 0. The van der Waals surface area contributed by atoms with Crippen LogP contribution in [0.4, 0.5) is 18.0 Å². The van der Waals surface area contributed by atoms with E-state index in [2.05, 4.69) is 5.32 Å². The van der Waals surface area contributed by atoms with Crippen molar-refractivity contribution >= 4 is 17.8 Å². The number of rotatable bonds is 2. The van der Waals surface area contributed by atoms with Crippen molar-refractivity contribution in [2.75, 3.05) is 13.1 Å². The largest absolute Gasteiger partial charge is 0.444 e. The fraction of sp³-hybridized carbons (Fsp3) is 0.762. The summed E-state index contributed by atoms with van der Waals surface area (Å²) < 4.78 is 42.6. The lowest BCUT2D eigenvalue weighted by molar-refractivity contribution is -0.126. The van der Waals surface area contributed by atoms with Gasteiger partial charge in [-0.1, -0.05) is 11.6 Å². The van der Waals surface area contributed by atoms with Crippen molar-refractivity contribution in [3.8, 4) is 0 Å². The molecule has 0 aromatic heterocycles. The van der Waals surface area contributed by atoms with Gasteiger partial charge in [-0.15, -0.1) is 0 Å². The molecular formula is C21H30F3N3O3. The lowest BCUT2D eigenvalue weighted by atomic mass is 9.84. The number of carbonyl (C=O) groups is 2. The van der Waals surface area contributed by atoms with E-state index < -0.39 is 23.7 Å². The van der Waals surface area contributed by atoms with Crippen LogP contribution in [-0.2, 0) is 9.53 Å². The Labute approximate surface area is 174 Å². The van der Waals surface area contributed by atoms with Gasteiger partial charge in [-0.25, -0.2) is 4.79 Å². The van der Waals surface area contributed by atoms with Gasteiger partial charge in [-0.05, 0) is 59.3 Å². The first-order valence-electron chi connectivity index (χ1n) is 10.5. The topological polar surface area (TPSA) is 71.0 Å². The van der Waals surface area contributed by atoms with E-state index in [-0.39, 0.29) is 17.9 Å². The van der Waals surface area contributed by atoms with E-state index in [1.54, 1.807) is 4.90 Å². The molecule has 6 nitrogen and oxygen atoms in total. The van der Waals surface area contributed by atoms with Crippen molar-refractivity contribution in [2.24, 2.45) is 10.9 Å². The van der Waals surface area contributed by atoms with Crippen molar-refractivity contribution in [2.45, 2.75) is 83.0 Å². The highest BCUT2D eigenvalue weighted by Gasteiger charge is 2.48. The lowest BCUT2D eigenvalue weighted by Crippen LogP contribution is -2.51. The standard InChI is InChI=1S/C21H30F3N3O3/c1-19(2,3)30-18(29)27-12-10-20(11-13-27)17(28)25-16(26-20)15-6-4-14(5-7-15)8-9-21(22,23)24/h8,15H,4-7,9-13H2,1-3H3,(H,25,26,28). The van der Waals surface area contributed by atoms with Gasteiger partial charge >= 0.3 is 12.3 Å². The number of hydrogen-bond acceptors (Lipinski definition) is 4. The highest BCUT2D eigenvalue weighted by Crippen LogP contribution is 2.36. The minimum Gasteiger partial charge on any atom is -0.444 e. The summed E-state index contributed by atoms with van der Waals surface area (Å²) in [5.41, 5.74) is -0.592. The Kier molecular flexibility index (Phi) is 6.20. The van der Waals surface area contributed by atoms with Gasteiger partial charge in [0.1, 0.15) is 17.0 Å². The first-order chi connectivity index (χ1) is 13.9. The molecule has 30 heavy (non-hydrogen) atoms. The molecule has 3 aliphatic rings. The molecule has 1 saturated heterocycles. The second-order valence-electron chi connectivity index (χ2n) is 9.41. The average molecular weight is 429 g/mol. The Morgan fingerprint density at radius 1 is 1.23 bits per heavy atom. The molecule has 2 aliphatic heterocycles. The fourth-order valence-corrected chi connectivity index (χ4v) is 4.19. The van der Waals surface area contributed by atoms with Crippen molar-refractivity contribution in [3.63, 3.8) is 0 Å². The van der Waals surface area contributed by atoms with Crippen LogP contribution in [0.2, 0.25) is 0 Å². The molecule has 1 aliphatic carbocycles. The van der Waals surface area contributed by atoms with Gasteiger partial charge in [0.2, 0.25) is 0 Å². The third-order valence-electron chi connectivity index (χ3n) is 5.88. The number of aliphatic imine (C=N–C) groups is 1. The summed E-state index contributed by atoms with van der Waals surface area (Å²) in [4.78, 5) is 31.3. The summed E-state index contributed by atoms with van der Waals surface area (Å²) >= 11 is 0. The number of piperidine rings is 1. The number of hydrogen-bond donors (Lipinski definition) is 1. The molecule has 9 heteroatoms. The summed E-state index contributed by atoms with van der Waals surface area (Å²) in [6.45, 7) is 6.23. The normalized spacial score (nSPS) is 24.5. The zero-order valence-corrected chi connectivity index (χ0v) is 17.8. The number of amides is 2. The maximum atomic E-state index is 12.7. The summed E-state index contributed by atoms with van der Waals surface area (Å²) in [5, 5.41) is 2.91. The van der Waals surface area contributed by atoms with E-state index in [4.69, 9.17) is 9.73 Å². The van der Waals surface area contributed by atoms with E-state index in [1.807, 2.05) is 20.8 Å². The van der Waals surface area contributed by atoms with Crippen molar-refractivity contribution < 1.29 is 27.5 Å². The quantitative estimate of drug-likeness (QED) is 0.664. The number of likely N-dealkylation sites (tertiary alicyclic amines) is 1. The SMILES string of the molecule is CC(C)(C)OC(=O)N1CCC2(CC1)N=C(C1CCC(=CCC(F)(F)F)CC1)NC2=O. The Morgan fingerprint density at radius 3 is 2.37 bits per heavy atom. The van der Waals surface area contributed by atoms with Gasteiger partial charge < -0.3 is 15.0 Å².